The average Bonchev–Trinajstić information content (AvgIpc) is 2.73. The van der Waals surface area contributed by atoms with Crippen molar-refractivity contribution in [3.05, 3.63) is 97.3 Å². The summed E-state index contributed by atoms with van der Waals surface area (Å²) < 4.78 is 0. The first kappa shape index (κ1) is 14.8. The van der Waals surface area contributed by atoms with E-state index in [1.165, 1.54) is 11.1 Å². The summed E-state index contributed by atoms with van der Waals surface area (Å²) in [4.78, 5) is 9.20. The second-order valence-corrected chi connectivity index (χ2v) is 6.34. The second-order valence-electron chi connectivity index (χ2n) is 6.34. The number of fused-ring (bicyclic) bond motifs is 2. The van der Waals surface area contributed by atoms with Crippen LogP contribution in [0.25, 0.3) is 44.1 Å². The van der Waals surface area contributed by atoms with Crippen LogP contribution in [0.3, 0.4) is 0 Å². The highest BCUT2D eigenvalue weighted by atomic mass is 14.7. The van der Waals surface area contributed by atoms with Crippen LogP contribution in [-0.2, 0) is 0 Å². The van der Waals surface area contributed by atoms with Crippen LogP contribution in [-0.4, -0.2) is 9.97 Å². The third kappa shape index (κ3) is 2.44. The molecular weight excluding hydrogens is 316 g/mol. The lowest BCUT2D eigenvalue weighted by Gasteiger charge is -2.10. The van der Waals surface area contributed by atoms with Gasteiger partial charge in [0.05, 0.1) is 11.0 Å². The molecule has 0 saturated carbocycles. The summed E-state index contributed by atoms with van der Waals surface area (Å²) in [6, 6.07) is 29.4. The molecule has 0 aliphatic carbocycles. The van der Waals surface area contributed by atoms with Crippen LogP contribution in [0.15, 0.2) is 97.3 Å². The van der Waals surface area contributed by atoms with Crippen LogP contribution in [0, 0.1) is 0 Å². The fourth-order valence-electron chi connectivity index (χ4n) is 3.53. The molecule has 5 aromatic rings. The van der Waals surface area contributed by atoms with Crippen molar-refractivity contribution >= 4 is 21.8 Å². The molecule has 122 valence electrons. The molecule has 0 N–H and O–H groups in total. The molecule has 0 radical (unpaired) electrons. The molecule has 5 rings (SSSR count). The number of pyridine rings is 2. The van der Waals surface area contributed by atoms with Crippen molar-refractivity contribution in [2.45, 2.75) is 0 Å². The summed E-state index contributed by atoms with van der Waals surface area (Å²) in [6.45, 7) is 0. The van der Waals surface area contributed by atoms with E-state index in [4.69, 9.17) is 0 Å². The van der Waals surface area contributed by atoms with Crippen LogP contribution >= 0.6 is 0 Å². The van der Waals surface area contributed by atoms with Gasteiger partial charge in [-0.15, -0.1) is 0 Å². The van der Waals surface area contributed by atoms with E-state index >= 15 is 0 Å². The highest BCUT2D eigenvalue weighted by Crippen LogP contribution is 2.32. The number of aromatic nitrogens is 2. The largest absolute Gasteiger partial charge is 0.256 e. The van der Waals surface area contributed by atoms with Crippen molar-refractivity contribution < 1.29 is 0 Å². The van der Waals surface area contributed by atoms with Gasteiger partial charge in [-0.1, -0.05) is 66.7 Å². The van der Waals surface area contributed by atoms with Crippen LogP contribution < -0.4 is 0 Å². The molecule has 2 heterocycles. The Labute approximate surface area is 151 Å². The van der Waals surface area contributed by atoms with Gasteiger partial charge in [0.2, 0.25) is 0 Å². The second kappa shape index (κ2) is 6.08. The van der Waals surface area contributed by atoms with Crippen molar-refractivity contribution in [2.24, 2.45) is 0 Å². The van der Waals surface area contributed by atoms with E-state index in [1.807, 2.05) is 24.5 Å². The van der Waals surface area contributed by atoms with Crippen LogP contribution in [0.5, 0.6) is 0 Å². The molecule has 0 bridgehead atoms. The maximum atomic E-state index is 4.60. The van der Waals surface area contributed by atoms with E-state index in [0.717, 1.165) is 32.9 Å². The number of rotatable bonds is 2. The molecule has 3 aromatic carbocycles. The molecular formula is C24H16N2. The Morgan fingerprint density at radius 1 is 0.462 bits per heavy atom. The number of hydrogen-bond acceptors (Lipinski definition) is 2. The van der Waals surface area contributed by atoms with Gasteiger partial charge in [-0.3, -0.25) is 9.97 Å². The first-order valence-electron chi connectivity index (χ1n) is 8.68. The first-order valence-corrected chi connectivity index (χ1v) is 8.68. The Kier molecular flexibility index (Phi) is 3.46. The SMILES string of the molecule is c1cc(-c2cccc3cccnc23)cc(-c2cccc3cccnc23)c1. The van der Waals surface area contributed by atoms with Crippen LogP contribution in [0.4, 0.5) is 0 Å². The Hall–Kier alpha value is -3.52. The lowest BCUT2D eigenvalue weighted by atomic mass is 9.96. The van der Waals surface area contributed by atoms with E-state index in [1.54, 1.807) is 0 Å². The van der Waals surface area contributed by atoms with E-state index in [9.17, 15) is 0 Å². The molecule has 0 spiro atoms. The van der Waals surface area contributed by atoms with E-state index in [2.05, 4.69) is 82.8 Å². The quantitative estimate of drug-likeness (QED) is 0.389. The molecule has 2 heteroatoms. The zero-order chi connectivity index (χ0) is 17.3. The number of benzene rings is 3. The van der Waals surface area contributed by atoms with Gasteiger partial charge in [0.15, 0.2) is 0 Å². The smallest absolute Gasteiger partial charge is 0.0780 e. The van der Waals surface area contributed by atoms with Crippen LogP contribution in [0.1, 0.15) is 0 Å². The molecule has 26 heavy (non-hydrogen) atoms. The van der Waals surface area contributed by atoms with Crippen LogP contribution in [0.2, 0.25) is 0 Å². The minimum absolute atomic E-state index is 1.03. The van der Waals surface area contributed by atoms with Gasteiger partial charge in [-0.05, 0) is 29.3 Å². The van der Waals surface area contributed by atoms with Gasteiger partial charge in [0, 0.05) is 34.3 Å². The fraction of sp³-hybridized carbons (Fsp3) is 0. The zero-order valence-electron chi connectivity index (χ0n) is 14.1. The zero-order valence-corrected chi connectivity index (χ0v) is 14.1. The lowest BCUT2D eigenvalue weighted by Crippen LogP contribution is -1.87. The summed E-state index contributed by atoms with van der Waals surface area (Å²) in [5, 5.41) is 2.31. The third-order valence-corrected chi connectivity index (χ3v) is 4.75. The Morgan fingerprint density at radius 3 is 1.46 bits per heavy atom. The standard InChI is InChI=1S/C24H16N2/c1-8-19(21-12-2-6-17-10-4-14-25-23(17)21)16-20(9-1)22-13-3-7-18-11-5-15-26-24(18)22/h1-16H. The fourth-order valence-corrected chi connectivity index (χ4v) is 3.53. The molecule has 0 aliphatic rings. The monoisotopic (exact) mass is 332 g/mol. The highest BCUT2D eigenvalue weighted by Gasteiger charge is 2.08. The molecule has 0 unspecified atom stereocenters. The predicted octanol–water partition coefficient (Wildman–Crippen LogP) is 6.12. The molecule has 0 aliphatic heterocycles. The molecule has 2 nitrogen and oxygen atoms in total. The highest BCUT2D eigenvalue weighted by molar-refractivity contribution is 5.97. The lowest BCUT2D eigenvalue weighted by molar-refractivity contribution is 1.41. The van der Waals surface area contributed by atoms with Gasteiger partial charge in [0.25, 0.3) is 0 Å². The van der Waals surface area contributed by atoms with Crippen molar-refractivity contribution in [3.8, 4) is 22.3 Å². The third-order valence-electron chi connectivity index (χ3n) is 4.75. The van der Waals surface area contributed by atoms with Crippen molar-refractivity contribution in [1.29, 1.82) is 0 Å². The number of hydrogen-bond donors (Lipinski definition) is 0. The Bertz CT molecular complexity index is 1140. The molecule has 0 fully saturated rings. The predicted molar refractivity (Wildman–Crippen MR) is 108 cm³/mol. The summed E-state index contributed by atoms with van der Waals surface area (Å²) in [7, 11) is 0. The van der Waals surface area contributed by atoms with Crippen molar-refractivity contribution in [1.82, 2.24) is 9.97 Å². The molecule has 0 saturated heterocycles. The minimum atomic E-state index is 1.03. The maximum Gasteiger partial charge on any atom is 0.0780 e. The molecule has 0 atom stereocenters. The number of para-hydroxylation sites is 2. The molecule has 2 aromatic heterocycles. The Morgan fingerprint density at radius 2 is 0.923 bits per heavy atom. The molecule has 0 amide bonds. The van der Waals surface area contributed by atoms with Crippen molar-refractivity contribution in [2.75, 3.05) is 0 Å². The van der Waals surface area contributed by atoms with Crippen molar-refractivity contribution in [3.63, 3.8) is 0 Å². The summed E-state index contributed by atoms with van der Waals surface area (Å²) >= 11 is 0. The maximum absolute atomic E-state index is 4.60. The summed E-state index contributed by atoms with van der Waals surface area (Å²) in [6.07, 6.45) is 3.70. The van der Waals surface area contributed by atoms with E-state index in [0.29, 0.717) is 0 Å². The van der Waals surface area contributed by atoms with Gasteiger partial charge in [-0.25, -0.2) is 0 Å². The number of nitrogens with zero attached hydrogens (tertiary/aromatic N) is 2. The Balaban J connectivity index is 1.72. The van der Waals surface area contributed by atoms with Gasteiger partial charge < -0.3 is 0 Å². The van der Waals surface area contributed by atoms with E-state index in [-0.39, 0.29) is 0 Å². The summed E-state index contributed by atoms with van der Waals surface area (Å²) in [5.41, 5.74) is 6.70. The van der Waals surface area contributed by atoms with E-state index < -0.39 is 0 Å². The average molecular weight is 332 g/mol. The topological polar surface area (TPSA) is 25.8 Å². The normalized spacial score (nSPS) is 11.1. The van der Waals surface area contributed by atoms with Gasteiger partial charge in [0.1, 0.15) is 0 Å². The van der Waals surface area contributed by atoms with Gasteiger partial charge >= 0.3 is 0 Å². The summed E-state index contributed by atoms with van der Waals surface area (Å²) in [5.74, 6) is 0. The van der Waals surface area contributed by atoms with Gasteiger partial charge in [-0.2, -0.15) is 0 Å². The minimum Gasteiger partial charge on any atom is -0.256 e. The first-order chi connectivity index (χ1) is 12.9.